The molecule has 3 N–H and O–H groups in total. The number of aliphatic hydroxyl groups is 1. The molecule has 1 atom stereocenters. The Hall–Kier alpha value is -2.41. The van der Waals surface area contributed by atoms with Gasteiger partial charge in [0.15, 0.2) is 0 Å². The van der Waals surface area contributed by atoms with Gasteiger partial charge in [0, 0.05) is 25.1 Å². The molecule has 0 fully saturated rings. The van der Waals surface area contributed by atoms with Crippen molar-refractivity contribution in [2.45, 2.75) is 19.5 Å². The first-order valence-corrected chi connectivity index (χ1v) is 6.27. The Bertz CT molecular complexity index is 538. The van der Waals surface area contributed by atoms with Gasteiger partial charge in [-0.2, -0.15) is 0 Å². The number of carbonyl (C=O) groups is 1. The third-order valence-electron chi connectivity index (χ3n) is 2.68. The Kier molecular flexibility index (Phi) is 4.67. The van der Waals surface area contributed by atoms with E-state index in [9.17, 15) is 4.79 Å². The molecule has 0 aliphatic carbocycles. The molecule has 0 saturated carbocycles. The SMILES string of the molecule is CC(CO)NC(=O)NCc1ccc(-n2ccnc2)nc1. The van der Waals surface area contributed by atoms with Crippen molar-refractivity contribution in [3.63, 3.8) is 0 Å². The van der Waals surface area contributed by atoms with Crippen LogP contribution in [0.25, 0.3) is 5.82 Å². The zero-order valence-electron chi connectivity index (χ0n) is 11.2. The monoisotopic (exact) mass is 275 g/mol. The summed E-state index contributed by atoms with van der Waals surface area (Å²) in [5.74, 6) is 0.768. The summed E-state index contributed by atoms with van der Waals surface area (Å²) >= 11 is 0. The number of nitrogens with one attached hydrogen (secondary N) is 2. The molecule has 0 bridgehead atoms. The minimum Gasteiger partial charge on any atom is -0.394 e. The van der Waals surface area contributed by atoms with E-state index in [-0.39, 0.29) is 18.7 Å². The maximum atomic E-state index is 11.5. The van der Waals surface area contributed by atoms with E-state index >= 15 is 0 Å². The second-order valence-corrected chi connectivity index (χ2v) is 4.41. The molecule has 0 aliphatic heterocycles. The topological polar surface area (TPSA) is 92.1 Å². The second-order valence-electron chi connectivity index (χ2n) is 4.41. The van der Waals surface area contributed by atoms with Crippen molar-refractivity contribution < 1.29 is 9.90 Å². The van der Waals surface area contributed by atoms with Gasteiger partial charge in [-0.25, -0.2) is 14.8 Å². The van der Waals surface area contributed by atoms with Gasteiger partial charge in [-0.05, 0) is 18.6 Å². The maximum Gasteiger partial charge on any atom is 0.315 e. The number of rotatable bonds is 5. The largest absolute Gasteiger partial charge is 0.394 e. The summed E-state index contributed by atoms with van der Waals surface area (Å²) in [5, 5.41) is 14.1. The van der Waals surface area contributed by atoms with Gasteiger partial charge < -0.3 is 15.7 Å². The fourth-order valence-electron chi connectivity index (χ4n) is 1.57. The molecule has 2 aromatic rings. The van der Waals surface area contributed by atoms with Gasteiger partial charge in [0.25, 0.3) is 0 Å². The molecule has 106 valence electrons. The number of aliphatic hydroxyl groups excluding tert-OH is 1. The minimum absolute atomic E-state index is 0.0887. The fraction of sp³-hybridized carbons (Fsp3) is 0.308. The smallest absolute Gasteiger partial charge is 0.315 e. The van der Waals surface area contributed by atoms with Crippen molar-refractivity contribution in [1.29, 1.82) is 0 Å². The predicted octanol–water partition coefficient (Wildman–Crippen LogP) is 0.447. The maximum absolute atomic E-state index is 11.5. The highest BCUT2D eigenvalue weighted by atomic mass is 16.3. The van der Waals surface area contributed by atoms with E-state index in [1.807, 2.05) is 18.3 Å². The van der Waals surface area contributed by atoms with Crippen LogP contribution >= 0.6 is 0 Å². The summed E-state index contributed by atoms with van der Waals surface area (Å²) in [7, 11) is 0. The van der Waals surface area contributed by atoms with Crippen LogP contribution in [0.5, 0.6) is 0 Å². The number of hydrogen-bond acceptors (Lipinski definition) is 4. The standard InChI is InChI=1S/C13H17N5O2/c1-10(8-19)17-13(20)16-7-11-2-3-12(15-6-11)18-5-4-14-9-18/h2-6,9-10,19H,7-8H2,1H3,(H2,16,17,20). The number of aromatic nitrogens is 3. The van der Waals surface area contributed by atoms with Crippen LogP contribution in [0.1, 0.15) is 12.5 Å². The predicted molar refractivity (Wildman–Crippen MR) is 73.3 cm³/mol. The normalized spacial score (nSPS) is 11.9. The molecule has 0 radical (unpaired) electrons. The van der Waals surface area contributed by atoms with E-state index < -0.39 is 0 Å². The molecule has 1 unspecified atom stereocenters. The Balaban J connectivity index is 1.87. The minimum atomic E-state index is -0.315. The highest BCUT2D eigenvalue weighted by molar-refractivity contribution is 5.74. The first-order valence-electron chi connectivity index (χ1n) is 6.27. The number of imidazole rings is 1. The van der Waals surface area contributed by atoms with Crippen molar-refractivity contribution >= 4 is 6.03 Å². The van der Waals surface area contributed by atoms with Gasteiger partial charge in [0.05, 0.1) is 12.6 Å². The highest BCUT2D eigenvalue weighted by Gasteiger charge is 2.05. The number of pyridine rings is 1. The van der Waals surface area contributed by atoms with E-state index in [2.05, 4.69) is 20.6 Å². The molecule has 2 rings (SSSR count). The molecule has 7 heteroatoms. The fourth-order valence-corrected chi connectivity index (χ4v) is 1.57. The number of nitrogens with zero attached hydrogens (tertiary/aromatic N) is 3. The van der Waals surface area contributed by atoms with Crippen molar-refractivity contribution in [2.24, 2.45) is 0 Å². The van der Waals surface area contributed by atoms with Gasteiger partial charge in [-0.15, -0.1) is 0 Å². The second kappa shape index (κ2) is 6.67. The average Bonchev–Trinajstić information content (AvgIpc) is 2.99. The van der Waals surface area contributed by atoms with Crippen LogP contribution < -0.4 is 10.6 Å². The van der Waals surface area contributed by atoms with Crippen LogP contribution in [-0.2, 0) is 6.54 Å². The zero-order chi connectivity index (χ0) is 14.4. The number of amides is 2. The lowest BCUT2D eigenvalue weighted by atomic mass is 10.3. The van der Waals surface area contributed by atoms with E-state index in [1.54, 1.807) is 30.2 Å². The molecule has 7 nitrogen and oxygen atoms in total. The Morgan fingerprint density at radius 3 is 2.95 bits per heavy atom. The van der Waals surface area contributed by atoms with Crippen molar-refractivity contribution in [3.05, 3.63) is 42.6 Å². The number of urea groups is 1. The molecular weight excluding hydrogens is 258 g/mol. The molecule has 20 heavy (non-hydrogen) atoms. The van der Waals surface area contributed by atoms with Crippen LogP contribution in [0, 0.1) is 0 Å². The summed E-state index contributed by atoms with van der Waals surface area (Å²) in [5.41, 5.74) is 0.890. The lowest BCUT2D eigenvalue weighted by Gasteiger charge is -2.12. The van der Waals surface area contributed by atoms with E-state index in [0.29, 0.717) is 6.54 Å². The molecule has 2 amide bonds. The summed E-state index contributed by atoms with van der Waals surface area (Å²) in [6.45, 7) is 2.01. The highest BCUT2D eigenvalue weighted by Crippen LogP contribution is 2.05. The lowest BCUT2D eigenvalue weighted by molar-refractivity contribution is 0.220. The van der Waals surface area contributed by atoms with E-state index in [4.69, 9.17) is 5.11 Å². The van der Waals surface area contributed by atoms with Crippen LogP contribution in [0.4, 0.5) is 4.79 Å². The molecule has 0 aliphatic rings. The van der Waals surface area contributed by atoms with Crippen molar-refractivity contribution in [1.82, 2.24) is 25.2 Å². The van der Waals surface area contributed by atoms with Crippen LogP contribution in [0.3, 0.4) is 0 Å². The molecule has 2 aromatic heterocycles. The molecular formula is C13H17N5O2. The van der Waals surface area contributed by atoms with Gasteiger partial charge in [-0.1, -0.05) is 6.07 Å². The molecule has 0 saturated heterocycles. The summed E-state index contributed by atoms with van der Waals surface area (Å²) in [4.78, 5) is 19.7. The average molecular weight is 275 g/mol. The zero-order valence-corrected chi connectivity index (χ0v) is 11.2. The first kappa shape index (κ1) is 14.0. The quantitative estimate of drug-likeness (QED) is 0.738. The number of hydrogen-bond donors (Lipinski definition) is 3. The van der Waals surface area contributed by atoms with Gasteiger partial charge in [0.2, 0.25) is 0 Å². The third-order valence-corrected chi connectivity index (χ3v) is 2.68. The van der Waals surface area contributed by atoms with Crippen LogP contribution in [-0.4, -0.2) is 38.3 Å². The number of carbonyl (C=O) groups excluding carboxylic acids is 1. The third kappa shape index (κ3) is 3.79. The molecule has 2 heterocycles. The van der Waals surface area contributed by atoms with E-state index in [0.717, 1.165) is 11.4 Å². The van der Waals surface area contributed by atoms with Gasteiger partial charge >= 0.3 is 6.03 Å². The summed E-state index contributed by atoms with van der Waals surface area (Å²) in [6, 6.07) is 3.16. The molecule has 0 aromatic carbocycles. The lowest BCUT2D eigenvalue weighted by Crippen LogP contribution is -2.41. The Labute approximate surface area is 116 Å². The Morgan fingerprint density at radius 1 is 1.50 bits per heavy atom. The molecule has 0 spiro atoms. The summed E-state index contributed by atoms with van der Waals surface area (Å²) in [6.07, 6.45) is 6.86. The van der Waals surface area contributed by atoms with Crippen molar-refractivity contribution in [2.75, 3.05) is 6.61 Å². The van der Waals surface area contributed by atoms with Crippen LogP contribution in [0.2, 0.25) is 0 Å². The van der Waals surface area contributed by atoms with Gasteiger partial charge in [0.1, 0.15) is 12.1 Å². The Morgan fingerprint density at radius 2 is 2.35 bits per heavy atom. The first-order chi connectivity index (χ1) is 9.69. The summed E-state index contributed by atoms with van der Waals surface area (Å²) < 4.78 is 1.80. The van der Waals surface area contributed by atoms with E-state index in [1.165, 1.54) is 0 Å². The van der Waals surface area contributed by atoms with Gasteiger partial charge in [-0.3, -0.25) is 4.57 Å². The van der Waals surface area contributed by atoms with Crippen molar-refractivity contribution in [3.8, 4) is 5.82 Å². The van der Waals surface area contributed by atoms with Crippen LogP contribution in [0.15, 0.2) is 37.1 Å².